The Bertz CT molecular complexity index is 854. The van der Waals surface area contributed by atoms with Crippen molar-refractivity contribution in [2.24, 2.45) is 0 Å². The van der Waals surface area contributed by atoms with E-state index in [4.69, 9.17) is 9.15 Å². The highest BCUT2D eigenvalue weighted by molar-refractivity contribution is 5.81. The lowest BCUT2D eigenvalue weighted by atomic mass is 10.2. The summed E-state index contributed by atoms with van der Waals surface area (Å²) in [5.74, 6) is 1.68. The van der Waals surface area contributed by atoms with Crippen LogP contribution in [0.2, 0.25) is 0 Å². The van der Waals surface area contributed by atoms with Gasteiger partial charge in [0.15, 0.2) is 0 Å². The van der Waals surface area contributed by atoms with E-state index in [0.29, 0.717) is 19.7 Å². The second-order valence-electron chi connectivity index (χ2n) is 5.95. The van der Waals surface area contributed by atoms with Gasteiger partial charge in [0.1, 0.15) is 24.2 Å². The number of furan rings is 1. The Morgan fingerprint density at radius 1 is 1.29 bits per heavy atom. The van der Waals surface area contributed by atoms with Gasteiger partial charge in [0.2, 0.25) is 5.91 Å². The quantitative estimate of drug-likeness (QED) is 0.742. The summed E-state index contributed by atoms with van der Waals surface area (Å²) in [5, 5.41) is 0. The zero-order valence-corrected chi connectivity index (χ0v) is 13.5. The van der Waals surface area contributed by atoms with Crippen molar-refractivity contribution in [1.82, 2.24) is 14.5 Å². The number of imidazole rings is 1. The van der Waals surface area contributed by atoms with Gasteiger partial charge in [-0.1, -0.05) is 12.1 Å². The molecule has 3 heterocycles. The number of aromatic nitrogens is 2. The number of aryl methyl sites for hydroxylation is 1. The van der Waals surface area contributed by atoms with Crippen molar-refractivity contribution < 1.29 is 13.9 Å². The van der Waals surface area contributed by atoms with Crippen molar-refractivity contribution >= 4 is 16.9 Å². The number of hydrogen-bond acceptors (Lipinski definition) is 4. The fraction of sp³-hybridized carbons (Fsp3) is 0.333. The largest absolute Gasteiger partial charge is 0.467 e. The van der Waals surface area contributed by atoms with Gasteiger partial charge in [0, 0.05) is 6.54 Å². The van der Waals surface area contributed by atoms with Crippen LogP contribution in [0.5, 0.6) is 0 Å². The first-order chi connectivity index (χ1) is 11.7. The van der Waals surface area contributed by atoms with Crippen molar-refractivity contribution in [3.63, 3.8) is 0 Å². The normalized spacial score (nSPS) is 18.2. The van der Waals surface area contributed by atoms with Crippen LogP contribution in [0.1, 0.15) is 17.7 Å². The number of rotatable bonds is 3. The van der Waals surface area contributed by atoms with E-state index in [1.165, 1.54) is 0 Å². The molecule has 0 bridgehead atoms. The van der Waals surface area contributed by atoms with Gasteiger partial charge in [0.25, 0.3) is 0 Å². The average molecular weight is 325 g/mol. The number of morpholine rings is 1. The molecule has 1 saturated heterocycles. The highest BCUT2D eigenvalue weighted by atomic mass is 16.5. The summed E-state index contributed by atoms with van der Waals surface area (Å²) in [6.07, 6.45) is 1.43. The molecule has 1 aliphatic rings. The molecule has 124 valence electrons. The molecule has 24 heavy (non-hydrogen) atoms. The maximum Gasteiger partial charge on any atom is 0.242 e. The minimum atomic E-state index is -0.196. The van der Waals surface area contributed by atoms with Crippen molar-refractivity contribution in [1.29, 1.82) is 0 Å². The zero-order valence-electron chi connectivity index (χ0n) is 13.5. The summed E-state index contributed by atoms with van der Waals surface area (Å²) in [6, 6.07) is 11.6. The number of carbonyl (C=O) groups is 1. The Balaban J connectivity index is 1.52. The van der Waals surface area contributed by atoms with Gasteiger partial charge in [-0.2, -0.15) is 0 Å². The van der Waals surface area contributed by atoms with Crippen molar-refractivity contribution in [3.8, 4) is 0 Å². The van der Waals surface area contributed by atoms with Gasteiger partial charge in [-0.3, -0.25) is 4.79 Å². The van der Waals surface area contributed by atoms with Crippen LogP contribution in [-0.4, -0.2) is 40.1 Å². The predicted molar refractivity (Wildman–Crippen MR) is 88.5 cm³/mol. The topological polar surface area (TPSA) is 60.5 Å². The van der Waals surface area contributed by atoms with Gasteiger partial charge in [-0.25, -0.2) is 4.98 Å². The standard InChI is InChI=1S/C18H19N3O3/c1-13-19-14-5-2-3-6-15(14)21(13)12-18(22)20-8-10-24-17(11-20)16-7-4-9-23-16/h2-7,9,17H,8,10-12H2,1H3. The molecular formula is C18H19N3O3. The second kappa shape index (κ2) is 6.13. The molecule has 1 aliphatic heterocycles. The summed E-state index contributed by atoms with van der Waals surface area (Å²) < 4.78 is 13.1. The first-order valence-corrected chi connectivity index (χ1v) is 8.07. The van der Waals surface area contributed by atoms with E-state index >= 15 is 0 Å². The zero-order chi connectivity index (χ0) is 16.5. The Hall–Kier alpha value is -2.60. The van der Waals surface area contributed by atoms with Crippen LogP contribution in [0.3, 0.4) is 0 Å². The SMILES string of the molecule is Cc1nc2ccccc2n1CC(=O)N1CCOC(c2ccco2)C1. The Morgan fingerprint density at radius 3 is 3.00 bits per heavy atom. The smallest absolute Gasteiger partial charge is 0.242 e. The summed E-state index contributed by atoms with van der Waals surface area (Å²) >= 11 is 0. The predicted octanol–water partition coefficient (Wildman–Crippen LogP) is 2.54. The van der Waals surface area contributed by atoms with Crippen LogP contribution in [0.4, 0.5) is 0 Å². The molecule has 4 rings (SSSR count). The molecular weight excluding hydrogens is 306 g/mol. The number of nitrogens with zero attached hydrogens (tertiary/aromatic N) is 3. The van der Waals surface area contributed by atoms with Crippen molar-refractivity contribution in [2.45, 2.75) is 19.6 Å². The second-order valence-corrected chi connectivity index (χ2v) is 5.95. The van der Waals surface area contributed by atoms with E-state index in [9.17, 15) is 4.79 Å². The third-order valence-electron chi connectivity index (χ3n) is 4.42. The van der Waals surface area contributed by atoms with E-state index in [1.54, 1.807) is 6.26 Å². The van der Waals surface area contributed by atoms with Crippen molar-refractivity contribution in [2.75, 3.05) is 19.7 Å². The van der Waals surface area contributed by atoms with Crippen LogP contribution in [0, 0.1) is 6.92 Å². The number of para-hydroxylation sites is 2. The number of benzene rings is 1. The van der Waals surface area contributed by atoms with Crippen LogP contribution in [0.15, 0.2) is 47.1 Å². The number of fused-ring (bicyclic) bond motifs is 1. The third-order valence-corrected chi connectivity index (χ3v) is 4.42. The number of hydrogen-bond donors (Lipinski definition) is 0. The molecule has 1 atom stereocenters. The third kappa shape index (κ3) is 2.69. The molecule has 6 heteroatoms. The fourth-order valence-electron chi connectivity index (χ4n) is 3.15. The van der Waals surface area contributed by atoms with Gasteiger partial charge >= 0.3 is 0 Å². The lowest BCUT2D eigenvalue weighted by molar-refractivity contribution is -0.140. The molecule has 0 spiro atoms. The highest BCUT2D eigenvalue weighted by Gasteiger charge is 2.27. The van der Waals surface area contributed by atoms with E-state index < -0.39 is 0 Å². The molecule has 6 nitrogen and oxygen atoms in total. The van der Waals surface area contributed by atoms with Crippen LogP contribution >= 0.6 is 0 Å². The van der Waals surface area contributed by atoms with Crippen LogP contribution in [0.25, 0.3) is 11.0 Å². The molecule has 0 N–H and O–H groups in total. The highest BCUT2D eigenvalue weighted by Crippen LogP contribution is 2.23. The molecule has 1 amide bonds. The van der Waals surface area contributed by atoms with Crippen LogP contribution < -0.4 is 0 Å². The first kappa shape index (κ1) is 15.0. The summed E-state index contributed by atoms with van der Waals surface area (Å²) in [7, 11) is 0. The molecule has 3 aromatic rings. The molecule has 1 unspecified atom stereocenters. The molecule has 2 aromatic heterocycles. The molecule has 1 aromatic carbocycles. The minimum Gasteiger partial charge on any atom is -0.467 e. The number of ether oxygens (including phenoxy) is 1. The van der Waals surface area contributed by atoms with E-state index in [0.717, 1.165) is 22.6 Å². The van der Waals surface area contributed by atoms with Gasteiger partial charge < -0.3 is 18.6 Å². The lowest BCUT2D eigenvalue weighted by Crippen LogP contribution is -2.43. The maximum atomic E-state index is 12.8. The van der Waals surface area contributed by atoms with E-state index in [1.807, 2.05) is 52.8 Å². The van der Waals surface area contributed by atoms with Crippen LogP contribution in [-0.2, 0) is 16.1 Å². The number of carbonyl (C=O) groups excluding carboxylic acids is 1. The lowest BCUT2D eigenvalue weighted by Gasteiger charge is -2.32. The van der Waals surface area contributed by atoms with Gasteiger partial charge in [-0.05, 0) is 31.2 Å². The Kier molecular flexibility index (Phi) is 3.82. The molecule has 0 radical (unpaired) electrons. The van der Waals surface area contributed by atoms with Crippen molar-refractivity contribution in [3.05, 3.63) is 54.2 Å². The molecule has 1 fully saturated rings. The fourth-order valence-corrected chi connectivity index (χ4v) is 3.15. The molecule has 0 aliphatic carbocycles. The first-order valence-electron chi connectivity index (χ1n) is 8.07. The average Bonchev–Trinajstić information content (AvgIpc) is 3.24. The molecule has 0 saturated carbocycles. The number of amides is 1. The summed E-state index contributed by atoms with van der Waals surface area (Å²) in [5.41, 5.74) is 1.90. The van der Waals surface area contributed by atoms with E-state index in [-0.39, 0.29) is 18.6 Å². The maximum absolute atomic E-state index is 12.8. The monoisotopic (exact) mass is 325 g/mol. The Morgan fingerprint density at radius 2 is 2.17 bits per heavy atom. The Labute approximate surface area is 139 Å². The summed E-state index contributed by atoms with van der Waals surface area (Å²) in [6.45, 7) is 3.84. The van der Waals surface area contributed by atoms with E-state index in [2.05, 4.69) is 4.98 Å². The summed E-state index contributed by atoms with van der Waals surface area (Å²) in [4.78, 5) is 19.1. The van der Waals surface area contributed by atoms with Gasteiger partial charge in [0.05, 0.1) is 30.4 Å². The van der Waals surface area contributed by atoms with Gasteiger partial charge in [-0.15, -0.1) is 0 Å². The minimum absolute atomic E-state index is 0.0705.